The number of nitrogens with one attached hydrogen (secondary N) is 2. The smallest absolute Gasteiger partial charge is 0.143 e. The van der Waals surface area contributed by atoms with Crippen LogP contribution in [0.15, 0.2) is 60.8 Å². The van der Waals surface area contributed by atoms with Crippen LogP contribution in [0.3, 0.4) is 0 Å². The number of aromatic nitrogens is 3. The van der Waals surface area contributed by atoms with E-state index in [1.165, 1.54) is 6.07 Å². The number of aryl methyl sites for hydroxylation is 1. The monoisotopic (exact) mass is 395 g/mol. The van der Waals surface area contributed by atoms with Crippen LogP contribution in [0, 0.1) is 24.1 Å². The predicted molar refractivity (Wildman–Crippen MR) is 119 cm³/mol. The second-order valence-electron chi connectivity index (χ2n) is 7.16. The van der Waals surface area contributed by atoms with Gasteiger partial charge in [-0.2, -0.15) is 10.4 Å². The second-order valence-corrected chi connectivity index (χ2v) is 7.16. The van der Waals surface area contributed by atoms with Gasteiger partial charge in [0, 0.05) is 6.20 Å². The van der Waals surface area contributed by atoms with Crippen molar-refractivity contribution >= 4 is 19.1 Å². The van der Waals surface area contributed by atoms with Crippen LogP contribution in [0.25, 0.3) is 22.4 Å². The van der Waals surface area contributed by atoms with Gasteiger partial charge >= 0.3 is 0 Å². The van der Waals surface area contributed by atoms with E-state index in [0.29, 0.717) is 17.6 Å². The first-order valence-electron chi connectivity index (χ1n) is 9.55. The number of nitriles is 1. The van der Waals surface area contributed by atoms with E-state index in [4.69, 9.17) is 5.26 Å². The fourth-order valence-electron chi connectivity index (χ4n) is 3.35. The van der Waals surface area contributed by atoms with E-state index in [1.807, 2.05) is 43.3 Å². The number of rotatable bonds is 5. The molecule has 5 nitrogen and oxygen atoms in total. The van der Waals surface area contributed by atoms with Crippen LogP contribution in [0.4, 0.5) is 10.2 Å². The second kappa shape index (κ2) is 8.22. The van der Waals surface area contributed by atoms with E-state index in [0.717, 1.165) is 39.5 Å². The first kappa shape index (κ1) is 19.4. The number of benzene rings is 2. The molecule has 0 aliphatic rings. The molecule has 0 radical (unpaired) electrons. The number of aromatic amines is 1. The fraction of sp³-hybridized carbons (Fsp3) is 0.0870. The molecule has 2 aromatic carbocycles. The summed E-state index contributed by atoms with van der Waals surface area (Å²) in [5, 5.41) is 19.7. The van der Waals surface area contributed by atoms with Crippen LogP contribution in [0.2, 0.25) is 0 Å². The van der Waals surface area contributed by atoms with Crippen LogP contribution < -0.4 is 10.8 Å². The first-order chi connectivity index (χ1) is 14.5. The highest BCUT2D eigenvalue weighted by Gasteiger charge is 2.08. The first-order valence-corrected chi connectivity index (χ1v) is 9.55. The molecule has 2 aromatic heterocycles. The quantitative estimate of drug-likeness (QED) is 0.509. The van der Waals surface area contributed by atoms with Crippen molar-refractivity contribution in [1.82, 2.24) is 15.2 Å². The minimum absolute atomic E-state index is 0.219. The zero-order valence-corrected chi connectivity index (χ0v) is 16.7. The van der Waals surface area contributed by atoms with Gasteiger partial charge in [0.25, 0.3) is 0 Å². The molecule has 0 bridgehead atoms. The number of hydrogen-bond donors (Lipinski definition) is 2. The van der Waals surface area contributed by atoms with E-state index in [2.05, 4.69) is 26.6 Å². The Morgan fingerprint density at radius 1 is 1.10 bits per heavy atom. The summed E-state index contributed by atoms with van der Waals surface area (Å²) in [7, 11) is 1.74. The van der Waals surface area contributed by atoms with Crippen LogP contribution in [0.5, 0.6) is 0 Å². The van der Waals surface area contributed by atoms with Gasteiger partial charge in [0.15, 0.2) is 0 Å². The number of hydrogen-bond acceptors (Lipinski definition) is 4. The summed E-state index contributed by atoms with van der Waals surface area (Å²) in [5.41, 5.74) is 6.93. The topological polar surface area (TPSA) is 77.4 Å². The van der Waals surface area contributed by atoms with Crippen molar-refractivity contribution in [2.24, 2.45) is 0 Å². The number of nitrogens with zero attached hydrogens (tertiary/aromatic N) is 3. The summed E-state index contributed by atoms with van der Waals surface area (Å²) in [4.78, 5) is 4.39. The van der Waals surface area contributed by atoms with Gasteiger partial charge in [0.05, 0.1) is 29.6 Å². The van der Waals surface area contributed by atoms with Crippen molar-refractivity contribution < 1.29 is 4.39 Å². The molecule has 4 rings (SSSR count). The van der Waals surface area contributed by atoms with Crippen molar-refractivity contribution in [1.29, 1.82) is 5.26 Å². The van der Waals surface area contributed by atoms with Crippen LogP contribution in [-0.4, -0.2) is 23.0 Å². The largest absolute Gasteiger partial charge is 0.364 e. The molecule has 0 aliphatic heterocycles. The van der Waals surface area contributed by atoms with Crippen molar-refractivity contribution in [2.75, 3.05) is 5.32 Å². The highest BCUT2D eigenvalue weighted by Crippen LogP contribution is 2.26. The van der Waals surface area contributed by atoms with Gasteiger partial charge in [-0.15, -0.1) is 0 Å². The van der Waals surface area contributed by atoms with E-state index < -0.39 is 0 Å². The van der Waals surface area contributed by atoms with Crippen molar-refractivity contribution in [3.8, 4) is 28.5 Å². The summed E-state index contributed by atoms with van der Waals surface area (Å²) in [6, 6.07) is 18.7. The van der Waals surface area contributed by atoms with Crippen molar-refractivity contribution in [2.45, 2.75) is 13.5 Å². The molecule has 7 heteroatoms. The van der Waals surface area contributed by atoms with Gasteiger partial charge in [-0.25, -0.2) is 9.37 Å². The Hall–Kier alpha value is -3.92. The van der Waals surface area contributed by atoms with Gasteiger partial charge < -0.3 is 5.32 Å². The SMILES string of the molecule is Bc1cc(-c2cc(CNc3cc(-c4ccc(C#N)cc4C)ccn3)n[nH]2)ccc1F. The Bertz CT molecular complexity index is 1260. The highest BCUT2D eigenvalue weighted by atomic mass is 19.1. The molecule has 4 aromatic rings. The summed E-state index contributed by atoms with van der Waals surface area (Å²) in [6.45, 7) is 2.49. The number of H-pyrrole nitrogens is 1. The van der Waals surface area contributed by atoms with Gasteiger partial charge in [0.1, 0.15) is 19.5 Å². The maximum absolute atomic E-state index is 13.5. The molecule has 0 saturated carbocycles. The maximum Gasteiger partial charge on any atom is 0.143 e. The van der Waals surface area contributed by atoms with Crippen LogP contribution >= 0.6 is 0 Å². The molecule has 0 aliphatic carbocycles. The number of pyridine rings is 1. The molecule has 146 valence electrons. The molecule has 0 saturated heterocycles. The third-order valence-corrected chi connectivity index (χ3v) is 4.98. The van der Waals surface area contributed by atoms with Gasteiger partial charge in [0.2, 0.25) is 0 Å². The molecule has 0 unspecified atom stereocenters. The Morgan fingerprint density at radius 3 is 2.73 bits per heavy atom. The third kappa shape index (κ3) is 4.08. The van der Waals surface area contributed by atoms with E-state index >= 15 is 0 Å². The van der Waals surface area contributed by atoms with E-state index in [-0.39, 0.29) is 5.82 Å². The van der Waals surface area contributed by atoms with Crippen molar-refractivity contribution in [3.05, 3.63) is 83.4 Å². The molecule has 0 atom stereocenters. The van der Waals surface area contributed by atoms with Gasteiger partial charge in [-0.3, -0.25) is 5.10 Å². The molecule has 2 N–H and O–H groups in total. The molecular formula is C23H19BFN5. The lowest BCUT2D eigenvalue weighted by atomic mass is 9.93. The van der Waals surface area contributed by atoms with Crippen molar-refractivity contribution in [3.63, 3.8) is 0 Å². The standard InChI is InChI=1S/C23H19BFN5/c1-14-8-15(12-26)2-4-19(14)16-6-7-27-23(10-16)28-13-18-11-22(30-29-18)17-3-5-21(25)20(24)9-17/h2-11H,13,24H2,1H3,(H,27,28)(H,29,30). The minimum Gasteiger partial charge on any atom is -0.364 e. The Kier molecular flexibility index (Phi) is 5.31. The Balaban J connectivity index is 1.49. The summed E-state index contributed by atoms with van der Waals surface area (Å²) in [5.74, 6) is 0.516. The number of anilines is 1. The molecule has 0 amide bonds. The average Bonchev–Trinajstić information content (AvgIpc) is 3.23. The number of halogens is 1. The van der Waals surface area contributed by atoms with E-state index in [9.17, 15) is 4.39 Å². The summed E-state index contributed by atoms with van der Waals surface area (Å²) in [6.07, 6.45) is 1.76. The molecule has 0 fully saturated rings. The molecule has 30 heavy (non-hydrogen) atoms. The molecule has 2 heterocycles. The maximum atomic E-state index is 13.5. The average molecular weight is 395 g/mol. The van der Waals surface area contributed by atoms with E-state index in [1.54, 1.807) is 26.2 Å². The fourth-order valence-corrected chi connectivity index (χ4v) is 3.35. The van der Waals surface area contributed by atoms with Crippen LogP contribution in [0.1, 0.15) is 16.8 Å². The Labute approximate surface area is 175 Å². The molecular weight excluding hydrogens is 376 g/mol. The van der Waals surface area contributed by atoms with Gasteiger partial charge in [-0.05, 0) is 71.6 Å². The lowest BCUT2D eigenvalue weighted by molar-refractivity contribution is 0.636. The molecule has 0 spiro atoms. The normalized spacial score (nSPS) is 10.6. The summed E-state index contributed by atoms with van der Waals surface area (Å²) >= 11 is 0. The third-order valence-electron chi connectivity index (χ3n) is 4.98. The minimum atomic E-state index is -0.219. The highest BCUT2D eigenvalue weighted by molar-refractivity contribution is 6.32. The zero-order chi connectivity index (χ0) is 21.1. The summed E-state index contributed by atoms with van der Waals surface area (Å²) < 4.78 is 13.5. The van der Waals surface area contributed by atoms with Crippen LogP contribution in [-0.2, 0) is 6.54 Å². The Morgan fingerprint density at radius 2 is 1.97 bits per heavy atom. The lowest BCUT2D eigenvalue weighted by Crippen LogP contribution is -2.07. The van der Waals surface area contributed by atoms with Gasteiger partial charge in [-0.1, -0.05) is 17.6 Å². The predicted octanol–water partition coefficient (Wildman–Crippen LogP) is 3.33. The lowest BCUT2D eigenvalue weighted by Gasteiger charge is -2.09. The zero-order valence-electron chi connectivity index (χ0n) is 16.7.